The lowest BCUT2D eigenvalue weighted by molar-refractivity contribution is 0.425. The van der Waals surface area contributed by atoms with Crippen LogP contribution in [-0.4, -0.2) is 11.7 Å². The molecule has 1 unspecified atom stereocenters. The summed E-state index contributed by atoms with van der Waals surface area (Å²) in [6.45, 7) is 7.30. The van der Waals surface area contributed by atoms with Crippen LogP contribution >= 0.6 is 0 Å². The van der Waals surface area contributed by atoms with Gasteiger partial charge in [0.05, 0.1) is 0 Å². The van der Waals surface area contributed by atoms with Crippen LogP contribution in [0.2, 0.25) is 0 Å². The van der Waals surface area contributed by atoms with Gasteiger partial charge in [0, 0.05) is 5.54 Å². The monoisotopic (exact) mass is 205 g/mol. The third-order valence-electron chi connectivity index (χ3n) is 3.65. The summed E-state index contributed by atoms with van der Waals surface area (Å²) in [5.41, 5.74) is 3.41. The second-order valence-electron chi connectivity index (χ2n) is 4.80. The lowest BCUT2D eigenvalue weighted by Gasteiger charge is -2.26. The molecule has 1 saturated heterocycles. The third-order valence-corrected chi connectivity index (χ3v) is 3.65. The van der Waals surface area contributed by atoms with Crippen LogP contribution in [0.25, 0.3) is 0 Å². The molecule has 0 amide bonds. The third kappa shape index (κ3) is 1.74. The van der Waals surface area contributed by atoms with E-state index in [-0.39, 0.29) is 5.54 Å². The molecule has 1 aromatic carbocycles. The van der Waals surface area contributed by atoms with E-state index in [1.807, 2.05) is 13.0 Å². The van der Waals surface area contributed by atoms with Crippen molar-refractivity contribution >= 4 is 0 Å². The van der Waals surface area contributed by atoms with Crippen molar-refractivity contribution in [2.75, 3.05) is 6.54 Å². The lowest BCUT2D eigenvalue weighted by atomic mass is 9.88. The molecule has 0 saturated carbocycles. The van der Waals surface area contributed by atoms with E-state index >= 15 is 0 Å². The minimum Gasteiger partial charge on any atom is -0.508 e. The predicted molar refractivity (Wildman–Crippen MR) is 62.2 cm³/mol. The molecule has 0 aromatic heterocycles. The van der Waals surface area contributed by atoms with Crippen LogP contribution in [-0.2, 0) is 5.54 Å². The second-order valence-corrected chi connectivity index (χ2v) is 4.80. The van der Waals surface area contributed by atoms with Gasteiger partial charge >= 0.3 is 0 Å². The zero-order valence-corrected chi connectivity index (χ0v) is 9.72. The fraction of sp³-hybridized carbons (Fsp3) is 0.538. The number of aromatic hydroxyl groups is 1. The molecule has 2 N–H and O–H groups in total. The van der Waals surface area contributed by atoms with Gasteiger partial charge in [-0.3, -0.25) is 0 Å². The molecule has 1 atom stereocenters. The van der Waals surface area contributed by atoms with Gasteiger partial charge in [0.15, 0.2) is 0 Å². The van der Waals surface area contributed by atoms with Gasteiger partial charge in [-0.25, -0.2) is 0 Å². The van der Waals surface area contributed by atoms with Gasteiger partial charge in [0.2, 0.25) is 0 Å². The van der Waals surface area contributed by atoms with Crippen molar-refractivity contribution in [1.29, 1.82) is 0 Å². The minimum absolute atomic E-state index is 0.0515. The molecule has 1 aromatic rings. The van der Waals surface area contributed by atoms with Crippen LogP contribution in [0.3, 0.4) is 0 Å². The van der Waals surface area contributed by atoms with Crippen molar-refractivity contribution in [3.8, 4) is 5.75 Å². The second kappa shape index (κ2) is 3.53. The Kier molecular flexibility index (Phi) is 2.47. The van der Waals surface area contributed by atoms with Crippen molar-refractivity contribution < 1.29 is 5.11 Å². The van der Waals surface area contributed by atoms with E-state index in [4.69, 9.17) is 0 Å². The van der Waals surface area contributed by atoms with E-state index < -0.39 is 0 Å². The summed E-state index contributed by atoms with van der Waals surface area (Å²) in [5, 5.41) is 13.3. The number of rotatable bonds is 1. The molecule has 1 heterocycles. The first-order valence-corrected chi connectivity index (χ1v) is 5.59. The standard InChI is InChI=1S/C13H19NO/c1-9-7-11(8-12(15)10(9)2)13(3)5-4-6-14-13/h7-8,14-15H,4-6H2,1-3H3. The molecule has 2 heteroatoms. The number of phenolic OH excluding ortho intramolecular Hbond substituents is 1. The van der Waals surface area contributed by atoms with Crippen molar-refractivity contribution in [3.05, 3.63) is 28.8 Å². The molecular formula is C13H19NO. The number of aryl methyl sites for hydroxylation is 1. The van der Waals surface area contributed by atoms with Gasteiger partial charge in [0.1, 0.15) is 5.75 Å². The Morgan fingerprint density at radius 1 is 1.33 bits per heavy atom. The smallest absolute Gasteiger partial charge is 0.119 e. The van der Waals surface area contributed by atoms with Gasteiger partial charge < -0.3 is 10.4 Å². The maximum atomic E-state index is 9.83. The van der Waals surface area contributed by atoms with Crippen molar-refractivity contribution in [2.45, 2.75) is 39.2 Å². The van der Waals surface area contributed by atoms with Gasteiger partial charge in [-0.1, -0.05) is 6.07 Å². The predicted octanol–water partition coefficient (Wildman–Crippen LogP) is 2.61. The summed E-state index contributed by atoms with van der Waals surface area (Å²) in [6, 6.07) is 4.09. The molecule has 1 aliphatic rings. The summed E-state index contributed by atoms with van der Waals surface area (Å²) in [4.78, 5) is 0. The average molecular weight is 205 g/mol. The molecule has 1 fully saturated rings. The first kappa shape index (κ1) is 10.5. The summed E-state index contributed by atoms with van der Waals surface area (Å²) >= 11 is 0. The molecule has 0 spiro atoms. The van der Waals surface area contributed by atoms with Gasteiger partial charge in [-0.15, -0.1) is 0 Å². The maximum Gasteiger partial charge on any atom is 0.119 e. The van der Waals surface area contributed by atoms with Gasteiger partial charge in [-0.2, -0.15) is 0 Å². The fourth-order valence-corrected chi connectivity index (χ4v) is 2.30. The average Bonchev–Trinajstić information content (AvgIpc) is 2.62. The van der Waals surface area contributed by atoms with Gasteiger partial charge in [0.25, 0.3) is 0 Å². The Morgan fingerprint density at radius 2 is 2.07 bits per heavy atom. The zero-order chi connectivity index (χ0) is 11.1. The summed E-state index contributed by atoms with van der Waals surface area (Å²) in [6.07, 6.45) is 2.36. The fourth-order valence-electron chi connectivity index (χ4n) is 2.30. The first-order chi connectivity index (χ1) is 7.03. The topological polar surface area (TPSA) is 32.3 Å². The highest BCUT2D eigenvalue weighted by Crippen LogP contribution is 2.34. The molecule has 2 rings (SSSR count). The van der Waals surface area contributed by atoms with E-state index in [0.717, 1.165) is 18.5 Å². The van der Waals surface area contributed by atoms with Crippen LogP contribution in [0, 0.1) is 13.8 Å². The Hall–Kier alpha value is -1.02. The SMILES string of the molecule is Cc1cc(C2(C)CCCN2)cc(O)c1C. The van der Waals surface area contributed by atoms with Crippen molar-refractivity contribution in [3.63, 3.8) is 0 Å². The van der Waals surface area contributed by atoms with E-state index in [9.17, 15) is 5.11 Å². The van der Waals surface area contributed by atoms with Crippen LogP contribution in [0.15, 0.2) is 12.1 Å². The van der Waals surface area contributed by atoms with Crippen LogP contribution in [0.5, 0.6) is 5.75 Å². The molecule has 1 aliphatic heterocycles. The lowest BCUT2D eigenvalue weighted by Crippen LogP contribution is -2.33. The maximum absolute atomic E-state index is 9.83. The summed E-state index contributed by atoms with van der Waals surface area (Å²) in [7, 11) is 0. The van der Waals surface area contributed by atoms with E-state index in [0.29, 0.717) is 5.75 Å². The quantitative estimate of drug-likeness (QED) is 0.738. The van der Waals surface area contributed by atoms with Crippen molar-refractivity contribution in [1.82, 2.24) is 5.32 Å². The number of phenols is 1. The summed E-state index contributed by atoms with van der Waals surface area (Å²) in [5.74, 6) is 0.417. The zero-order valence-electron chi connectivity index (χ0n) is 9.72. The summed E-state index contributed by atoms with van der Waals surface area (Å²) < 4.78 is 0. The van der Waals surface area contributed by atoms with Crippen LogP contribution < -0.4 is 5.32 Å². The normalized spacial score (nSPS) is 25.8. The highest BCUT2D eigenvalue weighted by Gasteiger charge is 2.30. The Morgan fingerprint density at radius 3 is 2.60 bits per heavy atom. The Balaban J connectivity index is 2.45. The number of nitrogens with one attached hydrogen (secondary N) is 1. The highest BCUT2D eigenvalue weighted by molar-refractivity contribution is 5.44. The molecular weight excluding hydrogens is 186 g/mol. The molecule has 0 aliphatic carbocycles. The largest absolute Gasteiger partial charge is 0.508 e. The number of hydrogen-bond donors (Lipinski definition) is 2. The molecule has 82 valence electrons. The number of hydrogen-bond acceptors (Lipinski definition) is 2. The Labute approximate surface area is 91.3 Å². The highest BCUT2D eigenvalue weighted by atomic mass is 16.3. The number of benzene rings is 1. The van der Waals surface area contributed by atoms with Gasteiger partial charge in [-0.05, 0) is 62.9 Å². The van der Waals surface area contributed by atoms with E-state index in [1.54, 1.807) is 0 Å². The van der Waals surface area contributed by atoms with E-state index in [1.165, 1.54) is 17.5 Å². The van der Waals surface area contributed by atoms with E-state index in [2.05, 4.69) is 25.2 Å². The molecule has 2 nitrogen and oxygen atoms in total. The minimum atomic E-state index is 0.0515. The van der Waals surface area contributed by atoms with Crippen LogP contribution in [0.4, 0.5) is 0 Å². The molecule has 0 radical (unpaired) electrons. The first-order valence-electron chi connectivity index (χ1n) is 5.59. The molecule has 0 bridgehead atoms. The van der Waals surface area contributed by atoms with Crippen LogP contribution in [0.1, 0.15) is 36.5 Å². The molecule has 15 heavy (non-hydrogen) atoms. The van der Waals surface area contributed by atoms with Crippen molar-refractivity contribution in [2.24, 2.45) is 0 Å². The Bertz CT molecular complexity index is 355.